The molecule has 31 heavy (non-hydrogen) atoms. The molecule has 0 aliphatic heterocycles. The van der Waals surface area contributed by atoms with E-state index in [1.165, 1.54) is 6.07 Å². The molecule has 0 unspecified atom stereocenters. The van der Waals surface area contributed by atoms with E-state index in [4.69, 9.17) is 5.73 Å². The predicted octanol–water partition coefficient (Wildman–Crippen LogP) is 2.94. The van der Waals surface area contributed by atoms with Crippen molar-refractivity contribution in [2.75, 3.05) is 18.9 Å². The van der Waals surface area contributed by atoms with Crippen molar-refractivity contribution in [2.24, 2.45) is 11.1 Å². The zero-order chi connectivity index (χ0) is 22.2. The summed E-state index contributed by atoms with van der Waals surface area (Å²) in [6.45, 7) is 2.34. The van der Waals surface area contributed by atoms with Gasteiger partial charge in [-0.3, -0.25) is 4.79 Å². The Labute approximate surface area is 187 Å². The topological polar surface area (TPSA) is 111 Å². The van der Waals surface area contributed by atoms with Crippen LogP contribution in [0.2, 0.25) is 0 Å². The van der Waals surface area contributed by atoms with Crippen LogP contribution in [0.15, 0.2) is 29.0 Å². The number of benzene rings is 1. The number of carbonyl (C=O) groups is 1. The van der Waals surface area contributed by atoms with E-state index in [0.29, 0.717) is 46.8 Å². The van der Waals surface area contributed by atoms with Gasteiger partial charge in [0.1, 0.15) is 10.4 Å². The van der Waals surface area contributed by atoms with E-state index in [-0.39, 0.29) is 17.8 Å². The van der Waals surface area contributed by atoms with E-state index in [0.717, 1.165) is 18.2 Å². The van der Waals surface area contributed by atoms with Gasteiger partial charge in [-0.25, -0.2) is 14.1 Å². The molecule has 0 saturated heterocycles. The summed E-state index contributed by atoms with van der Waals surface area (Å²) < 4.78 is 16.3. The van der Waals surface area contributed by atoms with E-state index in [9.17, 15) is 9.18 Å². The number of carbonyl (C=O) groups excluding carboxylic acids is 1. The van der Waals surface area contributed by atoms with Gasteiger partial charge in [0.15, 0.2) is 5.65 Å². The van der Waals surface area contributed by atoms with Crippen LogP contribution in [0.4, 0.5) is 10.3 Å². The molecular formula is C21H25BrFN7O. The van der Waals surface area contributed by atoms with Crippen molar-refractivity contribution in [3.8, 4) is 5.69 Å². The van der Waals surface area contributed by atoms with Crippen molar-refractivity contribution >= 4 is 38.8 Å². The zero-order valence-corrected chi connectivity index (χ0v) is 19.0. The average Bonchev–Trinajstić information content (AvgIpc) is 3.30. The molecule has 1 saturated carbocycles. The first-order chi connectivity index (χ1) is 14.8. The van der Waals surface area contributed by atoms with Crippen LogP contribution < -0.4 is 16.4 Å². The summed E-state index contributed by atoms with van der Waals surface area (Å²) >= 11 is 3.46. The zero-order valence-electron chi connectivity index (χ0n) is 17.5. The minimum atomic E-state index is -0.394. The highest BCUT2D eigenvalue weighted by Crippen LogP contribution is 2.39. The summed E-state index contributed by atoms with van der Waals surface area (Å²) in [7, 11) is 1.67. The van der Waals surface area contributed by atoms with Gasteiger partial charge in [-0.05, 0) is 71.9 Å². The Kier molecular flexibility index (Phi) is 5.94. The number of anilines is 1. The Bertz CT molecular complexity index is 1130. The lowest BCUT2D eigenvalue weighted by molar-refractivity contribution is -0.129. The predicted molar refractivity (Wildman–Crippen MR) is 121 cm³/mol. The van der Waals surface area contributed by atoms with E-state index in [2.05, 4.69) is 41.6 Å². The molecule has 2 heterocycles. The molecule has 10 heteroatoms. The fourth-order valence-corrected chi connectivity index (χ4v) is 4.65. The van der Waals surface area contributed by atoms with Crippen molar-refractivity contribution < 1.29 is 9.18 Å². The average molecular weight is 490 g/mol. The summed E-state index contributed by atoms with van der Waals surface area (Å²) in [4.78, 5) is 21.3. The molecule has 1 aliphatic carbocycles. The summed E-state index contributed by atoms with van der Waals surface area (Å²) in [5.41, 5.74) is 7.04. The summed E-state index contributed by atoms with van der Waals surface area (Å²) in [5, 5.41) is 11.4. The second-order valence-electron chi connectivity index (χ2n) is 8.17. The summed E-state index contributed by atoms with van der Waals surface area (Å²) in [6.07, 6.45) is 4.50. The van der Waals surface area contributed by atoms with Gasteiger partial charge in [0, 0.05) is 24.7 Å². The van der Waals surface area contributed by atoms with Crippen molar-refractivity contribution in [1.29, 1.82) is 0 Å². The first-order valence-electron chi connectivity index (χ1n) is 10.2. The molecule has 0 radical (unpaired) electrons. The smallest absolute Gasteiger partial charge is 0.225 e. The van der Waals surface area contributed by atoms with E-state index >= 15 is 0 Å². The van der Waals surface area contributed by atoms with Crippen molar-refractivity contribution in [1.82, 2.24) is 25.1 Å². The van der Waals surface area contributed by atoms with Crippen LogP contribution >= 0.6 is 15.9 Å². The lowest BCUT2D eigenvalue weighted by atomic mass is 9.87. The number of nitrogens with two attached hydrogens (primary N) is 1. The van der Waals surface area contributed by atoms with Gasteiger partial charge in [0.25, 0.3) is 0 Å². The van der Waals surface area contributed by atoms with E-state index in [1.807, 2.05) is 6.92 Å². The molecule has 4 rings (SSSR count). The molecule has 0 bridgehead atoms. The van der Waals surface area contributed by atoms with Crippen LogP contribution in [0.5, 0.6) is 0 Å². The molecule has 2 aromatic heterocycles. The fourth-order valence-electron chi connectivity index (χ4n) is 4.21. The van der Waals surface area contributed by atoms with Crippen LogP contribution in [0.1, 0.15) is 31.7 Å². The minimum Gasteiger partial charge on any atom is -0.359 e. The monoisotopic (exact) mass is 489 g/mol. The van der Waals surface area contributed by atoms with E-state index in [1.54, 1.807) is 30.1 Å². The Morgan fingerprint density at radius 1 is 1.45 bits per heavy atom. The Morgan fingerprint density at radius 3 is 3.00 bits per heavy atom. The van der Waals surface area contributed by atoms with Gasteiger partial charge in [0.2, 0.25) is 11.9 Å². The molecule has 0 spiro atoms. The van der Waals surface area contributed by atoms with Gasteiger partial charge in [-0.1, -0.05) is 6.92 Å². The molecule has 4 N–H and O–H groups in total. The number of nitrogens with one attached hydrogen (secondary N) is 2. The molecule has 2 atom stereocenters. The highest BCUT2D eigenvalue weighted by atomic mass is 79.9. The maximum Gasteiger partial charge on any atom is 0.225 e. The minimum absolute atomic E-state index is 0.0553. The summed E-state index contributed by atoms with van der Waals surface area (Å²) in [5.74, 6) is 0.235. The third-order valence-electron chi connectivity index (χ3n) is 5.92. The fraction of sp³-hybridized carbons (Fsp3) is 0.429. The SMILES string of the molecule is CNC(=O)[C@]1(C)CC[C@@H](Nc2ncc3c(Br)nn(-c4ccc(F)c(CCN)c4)c3n2)C1. The maximum absolute atomic E-state index is 14.1. The number of rotatable bonds is 6. The molecule has 1 aromatic carbocycles. The van der Waals surface area contributed by atoms with E-state index < -0.39 is 5.41 Å². The quantitative estimate of drug-likeness (QED) is 0.490. The second kappa shape index (κ2) is 8.51. The van der Waals surface area contributed by atoms with Gasteiger partial charge in [-0.15, -0.1) is 0 Å². The maximum atomic E-state index is 14.1. The van der Waals surface area contributed by atoms with Gasteiger partial charge >= 0.3 is 0 Å². The molecule has 8 nitrogen and oxygen atoms in total. The first kappa shape index (κ1) is 21.6. The molecular weight excluding hydrogens is 465 g/mol. The molecule has 3 aromatic rings. The molecule has 1 aliphatic rings. The van der Waals surface area contributed by atoms with Crippen molar-refractivity contribution in [3.05, 3.63) is 40.4 Å². The number of fused-ring (bicyclic) bond motifs is 1. The van der Waals surface area contributed by atoms with Crippen LogP contribution in [0, 0.1) is 11.2 Å². The number of amides is 1. The standard InChI is InChI=1S/C21H25BrFN7O/c1-21(19(31)25-2)7-5-13(10-21)27-20-26-11-15-17(22)29-30(18(15)28-20)14-3-4-16(23)12(9-14)6-8-24/h3-4,9,11,13H,5-8,10,24H2,1-2H3,(H,25,31)(H,26,27,28)/t13-,21-/m1/s1. The Balaban J connectivity index is 1.64. The number of hydrogen-bond donors (Lipinski definition) is 3. The first-order valence-corrected chi connectivity index (χ1v) is 11.0. The number of hydrogen-bond acceptors (Lipinski definition) is 6. The Morgan fingerprint density at radius 2 is 2.26 bits per heavy atom. The van der Waals surface area contributed by atoms with Crippen LogP contribution in [0.3, 0.4) is 0 Å². The molecule has 1 amide bonds. The Hall–Kier alpha value is -2.59. The largest absolute Gasteiger partial charge is 0.359 e. The van der Waals surface area contributed by atoms with Crippen molar-refractivity contribution in [3.63, 3.8) is 0 Å². The van der Waals surface area contributed by atoms with Gasteiger partial charge in [0.05, 0.1) is 11.1 Å². The highest BCUT2D eigenvalue weighted by Gasteiger charge is 2.40. The normalized spacial score (nSPS) is 20.9. The lowest BCUT2D eigenvalue weighted by Gasteiger charge is -2.22. The number of halogens is 2. The van der Waals surface area contributed by atoms with Gasteiger partial charge < -0.3 is 16.4 Å². The number of nitrogens with zero attached hydrogens (tertiary/aromatic N) is 4. The number of aromatic nitrogens is 4. The second-order valence-corrected chi connectivity index (χ2v) is 8.92. The van der Waals surface area contributed by atoms with Gasteiger partial charge in [-0.2, -0.15) is 10.1 Å². The molecule has 1 fully saturated rings. The van der Waals surface area contributed by atoms with Crippen LogP contribution in [-0.4, -0.2) is 45.3 Å². The van der Waals surface area contributed by atoms with Crippen molar-refractivity contribution in [2.45, 2.75) is 38.6 Å². The highest BCUT2D eigenvalue weighted by molar-refractivity contribution is 9.10. The molecule has 164 valence electrons. The van der Waals surface area contributed by atoms with Crippen LogP contribution in [0.25, 0.3) is 16.7 Å². The third kappa shape index (κ3) is 4.14. The van der Waals surface area contributed by atoms with Crippen LogP contribution in [-0.2, 0) is 11.2 Å². The third-order valence-corrected chi connectivity index (χ3v) is 6.50. The lowest BCUT2D eigenvalue weighted by Crippen LogP contribution is -2.35. The summed E-state index contributed by atoms with van der Waals surface area (Å²) in [6, 6.07) is 4.92.